The summed E-state index contributed by atoms with van der Waals surface area (Å²) in [5, 5.41) is 3.47. The molecule has 1 N–H and O–H groups in total. The molecule has 1 aliphatic heterocycles. The van der Waals surface area contributed by atoms with E-state index < -0.39 is 0 Å². The van der Waals surface area contributed by atoms with Gasteiger partial charge in [0.15, 0.2) is 5.96 Å². The van der Waals surface area contributed by atoms with E-state index in [1.54, 1.807) is 0 Å². The summed E-state index contributed by atoms with van der Waals surface area (Å²) >= 11 is 0. The van der Waals surface area contributed by atoms with Gasteiger partial charge in [-0.05, 0) is 31.2 Å². The van der Waals surface area contributed by atoms with Gasteiger partial charge in [0.2, 0.25) is 0 Å². The number of nitrogens with one attached hydrogen (secondary N) is 1. The van der Waals surface area contributed by atoms with Crippen LogP contribution in [-0.4, -0.2) is 50.6 Å². The zero-order chi connectivity index (χ0) is 17.5. The molecule has 1 aliphatic rings. The van der Waals surface area contributed by atoms with E-state index >= 15 is 0 Å². The van der Waals surface area contributed by atoms with Gasteiger partial charge >= 0.3 is 5.97 Å². The van der Waals surface area contributed by atoms with Crippen LogP contribution in [-0.2, 0) is 9.53 Å². The largest absolute Gasteiger partial charge is 0.469 e. The topological polar surface area (TPSA) is 53.9 Å². The highest BCUT2D eigenvalue weighted by atomic mass is 16.5. The second kappa shape index (κ2) is 8.71. The van der Waals surface area contributed by atoms with Crippen molar-refractivity contribution in [2.45, 2.75) is 32.6 Å². The van der Waals surface area contributed by atoms with E-state index in [0.717, 1.165) is 38.4 Å². The fourth-order valence-corrected chi connectivity index (χ4v) is 3.08. The summed E-state index contributed by atoms with van der Waals surface area (Å²) in [5.74, 6) is 1.26. The predicted molar refractivity (Wildman–Crippen MR) is 97.3 cm³/mol. The van der Waals surface area contributed by atoms with Crippen LogP contribution in [0, 0.1) is 12.8 Å². The van der Waals surface area contributed by atoms with Crippen molar-refractivity contribution >= 4 is 11.9 Å². The van der Waals surface area contributed by atoms with Crippen molar-refractivity contribution in [3.05, 3.63) is 35.4 Å². The zero-order valence-electron chi connectivity index (χ0n) is 15.2. The number of esters is 1. The van der Waals surface area contributed by atoms with Gasteiger partial charge in [0, 0.05) is 26.7 Å². The summed E-state index contributed by atoms with van der Waals surface area (Å²) in [6.07, 6.45) is 1.64. The smallest absolute Gasteiger partial charge is 0.308 e. The molecule has 5 heteroatoms. The Morgan fingerprint density at radius 2 is 1.96 bits per heavy atom. The number of piperidine rings is 1. The van der Waals surface area contributed by atoms with Gasteiger partial charge in [-0.2, -0.15) is 0 Å². The number of ether oxygens (including phenoxy) is 1. The highest BCUT2D eigenvalue weighted by Gasteiger charge is 2.27. The minimum absolute atomic E-state index is 0.0239. The molecule has 1 heterocycles. The van der Waals surface area contributed by atoms with Gasteiger partial charge in [0.1, 0.15) is 0 Å². The third-order valence-corrected chi connectivity index (χ3v) is 4.75. The summed E-state index contributed by atoms with van der Waals surface area (Å²) in [4.78, 5) is 18.2. The lowest BCUT2D eigenvalue weighted by atomic mass is 9.97. The van der Waals surface area contributed by atoms with Crippen LogP contribution >= 0.6 is 0 Å². The molecule has 0 spiro atoms. The molecule has 1 fully saturated rings. The maximum absolute atomic E-state index is 11.6. The SMILES string of the molecule is CN=C(NCC(C)c1ccc(C)cc1)N1CCC(C(=O)OC)CC1. The monoisotopic (exact) mass is 331 g/mol. The predicted octanol–water partition coefficient (Wildman–Crippen LogP) is 2.56. The maximum Gasteiger partial charge on any atom is 0.308 e. The fourth-order valence-electron chi connectivity index (χ4n) is 3.08. The van der Waals surface area contributed by atoms with Gasteiger partial charge < -0.3 is 15.0 Å². The highest BCUT2D eigenvalue weighted by Crippen LogP contribution is 2.19. The first-order valence-electron chi connectivity index (χ1n) is 8.65. The molecule has 0 radical (unpaired) electrons. The minimum atomic E-state index is -0.0920. The molecule has 0 saturated carbocycles. The summed E-state index contributed by atoms with van der Waals surface area (Å²) in [6, 6.07) is 8.68. The van der Waals surface area contributed by atoms with E-state index in [9.17, 15) is 4.79 Å². The average Bonchev–Trinajstić information content (AvgIpc) is 2.62. The van der Waals surface area contributed by atoms with Crippen molar-refractivity contribution in [1.82, 2.24) is 10.2 Å². The van der Waals surface area contributed by atoms with Crippen LogP contribution in [0.25, 0.3) is 0 Å². The van der Waals surface area contributed by atoms with Crippen LogP contribution in [0.5, 0.6) is 0 Å². The molecule has 1 aromatic rings. The molecule has 0 amide bonds. The number of rotatable bonds is 4. The van der Waals surface area contributed by atoms with Crippen LogP contribution < -0.4 is 5.32 Å². The quantitative estimate of drug-likeness (QED) is 0.523. The number of likely N-dealkylation sites (tertiary alicyclic amines) is 1. The van der Waals surface area contributed by atoms with Gasteiger partial charge in [0.25, 0.3) is 0 Å². The van der Waals surface area contributed by atoms with Crippen LogP contribution in [0.1, 0.15) is 36.8 Å². The van der Waals surface area contributed by atoms with Crippen molar-refractivity contribution < 1.29 is 9.53 Å². The Balaban J connectivity index is 1.85. The Bertz CT molecular complexity index is 560. The van der Waals surface area contributed by atoms with E-state index in [1.807, 2.05) is 7.05 Å². The molecule has 5 nitrogen and oxygen atoms in total. The summed E-state index contributed by atoms with van der Waals surface area (Å²) < 4.78 is 4.84. The number of aryl methyl sites for hydroxylation is 1. The molecule has 1 saturated heterocycles. The van der Waals surface area contributed by atoms with Gasteiger partial charge in [-0.15, -0.1) is 0 Å². The van der Waals surface area contributed by atoms with Gasteiger partial charge in [-0.3, -0.25) is 9.79 Å². The van der Waals surface area contributed by atoms with Crippen LogP contribution in [0.3, 0.4) is 0 Å². The Labute approximate surface area is 145 Å². The number of carbonyl (C=O) groups excluding carboxylic acids is 1. The second-order valence-electron chi connectivity index (χ2n) is 6.52. The van der Waals surface area contributed by atoms with Crippen molar-refractivity contribution in [1.29, 1.82) is 0 Å². The molecular formula is C19H29N3O2. The highest BCUT2D eigenvalue weighted by molar-refractivity contribution is 5.80. The van der Waals surface area contributed by atoms with E-state index in [-0.39, 0.29) is 11.9 Å². The van der Waals surface area contributed by atoms with Crippen molar-refractivity contribution in [3.63, 3.8) is 0 Å². The molecule has 0 aromatic heterocycles. The molecule has 0 aliphatic carbocycles. The summed E-state index contributed by atoms with van der Waals surface area (Å²) in [5.41, 5.74) is 2.61. The van der Waals surface area contributed by atoms with Gasteiger partial charge in [0.05, 0.1) is 13.0 Å². The number of nitrogens with zero attached hydrogens (tertiary/aromatic N) is 2. The van der Waals surface area contributed by atoms with Gasteiger partial charge in [-0.25, -0.2) is 0 Å². The van der Waals surface area contributed by atoms with E-state index in [2.05, 4.69) is 53.3 Å². The first-order valence-corrected chi connectivity index (χ1v) is 8.65. The molecule has 132 valence electrons. The number of carbonyl (C=O) groups is 1. The molecular weight excluding hydrogens is 302 g/mol. The third kappa shape index (κ3) is 4.73. The summed E-state index contributed by atoms with van der Waals surface area (Å²) in [6.45, 7) is 6.82. The lowest BCUT2D eigenvalue weighted by Gasteiger charge is -2.33. The van der Waals surface area contributed by atoms with Crippen LogP contribution in [0.2, 0.25) is 0 Å². The number of aliphatic imine (C=N–C) groups is 1. The Morgan fingerprint density at radius 3 is 2.50 bits per heavy atom. The number of guanidine groups is 1. The normalized spacial score (nSPS) is 17.5. The second-order valence-corrected chi connectivity index (χ2v) is 6.52. The van der Waals surface area contributed by atoms with Crippen LogP contribution in [0.15, 0.2) is 29.3 Å². The van der Waals surface area contributed by atoms with Crippen molar-refractivity contribution in [2.75, 3.05) is 33.8 Å². The number of hydrogen-bond donors (Lipinski definition) is 1. The van der Waals surface area contributed by atoms with Crippen LogP contribution in [0.4, 0.5) is 0 Å². The molecule has 1 aromatic carbocycles. The Kier molecular flexibility index (Phi) is 6.64. The average molecular weight is 331 g/mol. The van der Waals surface area contributed by atoms with Crippen molar-refractivity contribution in [3.8, 4) is 0 Å². The molecule has 1 atom stereocenters. The first-order chi connectivity index (χ1) is 11.5. The Hall–Kier alpha value is -2.04. The standard InChI is InChI=1S/C19H29N3O2/c1-14-5-7-16(8-6-14)15(2)13-21-19(20-3)22-11-9-17(10-12-22)18(23)24-4/h5-8,15,17H,9-13H2,1-4H3,(H,20,21). The molecule has 0 bridgehead atoms. The van der Waals surface area contributed by atoms with E-state index in [1.165, 1.54) is 18.2 Å². The van der Waals surface area contributed by atoms with Gasteiger partial charge in [-0.1, -0.05) is 36.8 Å². The third-order valence-electron chi connectivity index (χ3n) is 4.75. The fraction of sp³-hybridized carbons (Fsp3) is 0.579. The minimum Gasteiger partial charge on any atom is -0.469 e. The number of hydrogen-bond acceptors (Lipinski definition) is 3. The maximum atomic E-state index is 11.6. The molecule has 1 unspecified atom stereocenters. The Morgan fingerprint density at radius 1 is 1.33 bits per heavy atom. The molecule has 24 heavy (non-hydrogen) atoms. The van der Waals surface area contributed by atoms with E-state index in [4.69, 9.17) is 4.74 Å². The van der Waals surface area contributed by atoms with E-state index in [0.29, 0.717) is 5.92 Å². The number of benzene rings is 1. The zero-order valence-corrected chi connectivity index (χ0v) is 15.2. The lowest BCUT2D eigenvalue weighted by molar-refractivity contribution is -0.146. The van der Waals surface area contributed by atoms with Crippen molar-refractivity contribution in [2.24, 2.45) is 10.9 Å². The summed E-state index contributed by atoms with van der Waals surface area (Å²) in [7, 11) is 3.27. The number of methoxy groups -OCH3 is 1. The lowest BCUT2D eigenvalue weighted by Crippen LogP contribution is -2.47. The molecule has 2 rings (SSSR count). The first kappa shape index (κ1) is 18.3.